The first kappa shape index (κ1) is 20.6. The van der Waals surface area contributed by atoms with Gasteiger partial charge < -0.3 is 4.90 Å². The third-order valence-corrected chi connectivity index (χ3v) is 7.03. The van der Waals surface area contributed by atoms with E-state index in [4.69, 9.17) is 11.6 Å². The van der Waals surface area contributed by atoms with Crippen LogP contribution in [0.25, 0.3) is 0 Å². The van der Waals surface area contributed by atoms with Gasteiger partial charge in [-0.05, 0) is 45.4 Å². The maximum Gasteiger partial charge on any atom is 0.264 e. The number of carbonyl (C=O) groups is 1. The summed E-state index contributed by atoms with van der Waals surface area (Å²) < 4.78 is 27.6. The van der Waals surface area contributed by atoms with Crippen molar-refractivity contribution in [3.63, 3.8) is 0 Å². The van der Waals surface area contributed by atoms with Gasteiger partial charge in [-0.1, -0.05) is 29.0 Å². The van der Waals surface area contributed by atoms with Crippen LogP contribution in [0.2, 0.25) is 5.02 Å². The Balaban J connectivity index is 2.22. The Morgan fingerprint density at radius 2 is 1.96 bits per heavy atom. The third kappa shape index (κ3) is 4.33. The van der Waals surface area contributed by atoms with E-state index >= 15 is 0 Å². The number of hydrogen-bond donors (Lipinski definition) is 1. The predicted molar refractivity (Wildman–Crippen MR) is 103 cm³/mol. The van der Waals surface area contributed by atoms with Gasteiger partial charge in [-0.2, -0.15) is 0 Å². The second kappa shape index (κ2) is 8.32. The van der Waals surface area contributed by atoms with Crippen LogP contribution in [0.1, 0.15) is 37.3 Å². The molecular weight excluding hydrogens is 396 g/mol. The number of benzene rings is 1. The smallest absolute Gasteiger partial charge is 0.264 e. The molecule has 1 unspecified atom stereocenters. The number of nitrogens with one attached hydrogen (secondary N) is 1. The maximum atomic E-state index is 12.6. The molecule has 0 aliphatic rings. The molecule has 2 rings (SSSR count). The highest BCUT2D eigenvalue weighted by Crippen LogP contribution is 2.28. The minimum atomic E-state index is -3.85. The zero-order chi connectivity index (χ0) is 19.5. The average Bonchev–Trinajstić information content (AvgIpc) is 3.05. The van der Waals surface area contributed by atoms with Crippen LogP contribution >= 0.6 is 22.9 Å². The number of carbonyl (C=O) groups excluding carboxylic acids is 1. The first-order valence-electron chi connectivity index (χ1n) is 8.11. The Kier molecular flexibility index (Phi) is 6.59. The van der Waals surface area contributed by atoms with Crippen LogP contribution in [-0.4, -0.2) is 42.5 Å². The lowest BCUT2D eigenvalue weighted by molar-refractivity contribution is -0.132. The standard InChI is InChI=1S/C16H21ClN4O3S2/c1-5-21(6-2)15(22)11(4)14-18-19-16(25-14)20-26(23,24)13-9-7-8-12(17)10(13)3/h7-9,11H,5-6H2,1-4H3,(H,19,20). The van der Waals surface area contributed by atoms with Gasteiger partial charge in [-0.3, -0.25) is 9.52 Å². The summed E-state index contributed by atoms with van der Waals surface area (Å²) in [6, 6.07) is 4.66. The molecule has 1 atom stereocenters. The number of hydrogen-bond acceptors (Lipinski definition) is 6. The monoisotopic (exact) mass is 416 g/mol. The number of nitrogens with zero attached hydrogens (tertiary/aromatic N) is 3. The summed E-state index contributed by atoms with van der Waals surface area (Å²) >= 11 is 7.05. The molecule has 142 valence electrons. The Morgan fingerprint density at radius 1 is 1.31 bits per heavy atom. The molecule has 7 nitrogen and oxygen atoms in total. The fourth-order valence-corrected chi connectivity index (χ4v) is 4.93. The van der Waals surface area contributed by atoms with Gasteiger partial charge in [-0.25, -0.2) is 8.42 Å². The molecule has 0 aliphatic carbocycles. The molecule has 0 spiro atoms. The Hall–Kier alpha value is -1.71. The van der Waals surface area contributed by atoms with Crippen LogP contribution in [0.5, 0.6) is 0 Å². The molecule has 1 amide bonds. The minimum absolute atomic E-state index is 0.0637. The van der Waals surface area contributed by atoms with Gasteiger partial charge in [-0.15, -0.1) is 10.2 Å². The van der Waals surface area contributed by atoms with Crippen molar-refractivity contribution in [3.8, 4) is 0 Å². The Bertz CT molecular complexity index is 895. The summed E-state index contributed by atoms with van der Waals surface area (Å²) in [5.74, 6) is -0.551. The van der Waals surface area contributed by atoms with E-state index in [1.807, 2.05) is 13.8 Å². The van der Waals surface area contributed by atoms with E-state index in [0.29, 0.717) is 28.7 Å². The van der Waals surface area contributed by atoms with Crippen LogP contribution in [-0.2, 0) is 14.8 Å². The van der Waals surface area contributed by atoms with E-state index in [0.717, 1.165) is 11.3 Å². The molecular formula is C16H21ClN4O3S2. The molecule has 2 aromatic rings. The van der Waals surface area contributed by atoms with Crippen molar-refractivity contribution in [1.82, 2.24) is 15.1 Å². The van der Waals surface area contributed by atoms with Gasteiger partial charge in [0.15, 0.2) is 0 Å². The molecule has 0 aliphatic heterocycles. The minimum Gasteiger partial charge on any atom is -0.343 e. The van der Waals surface area contributed by atoms with Gasteiger partial charge in [0.25, 0.3) is 10.0 Å². The second-order valence-corrected chi connectivity index (χ2v) is 8.71. The quantitative estimate of drug-likeness (QED) is 0.747. The van der Waals surface area contributed by atoms with E-state index in [2.05, 4.69) is 14.9 Å². The molecule has 0 bridgehead atoms. The molecule has 1 aromatic heterocycles. The van der Waals surface area contributed by atoms with E-state index in [-0.39, 0.29) is 15.9 Å². The van der Waals surface area contributed by atoms with Gasteiger partial charge in [0.2, 0.25) is 11.0 Å². The van der Waals surface area contributed by atoms with Crippen LogP contribution in [0.3, 0.4) is 0 Å². The largest absolute Gasteiger partial charge is 0.343 e. The Labute approximate surface area is 162 Å². The highest BCUT2D eigenvalue weighted by atomic mass is 35.5. The maximum absolute atomic E-state index is 12.6. The SMILES string of the molecule is CCN(CC)C(=O)C(C)c1nnc(NS(=O)(=O)c2cccc(Cl)c2C)s1. The summed E-state index contributed by atoms with van der Waals surface area (Å²) in [5, 5.41) is 8.78. The zero-order valence-corrected chi connectivity index (χ0v) is 17.4. The average molecular weight is 417 g/mol. The fraction of sp³-hybridized carbons (Fsp3) is 0.438. The number of aromatic nitrogens is 2. The van der Waals surface area contributed by atoms with E-state index in [1.165, 1.54) is 6.07 Å². The van der Waals surface area contributed by atoms with Crippen LogP contribution in [0.15, 0.2) is 23.1 Å². The molecule has 0 radical (unpaired) electrons. The zero-order valence-electron chi connectivity index (χ0n) is 15.0. The topological polar surface area (TPSA) is 92.3 Å². The molecule has 1 heterocycles. The summed E-state index contributed by atoms with van der Waals surface area (Å²) in [5.41, 5.74) is 0.455. The molecule has 10 heteroatoms. The fourth-order valence-electron chi connectivity index (χ4n) is 2.41. The predicted octanol–water partition coefficient (Wildman–Crippen LogP) is 3.27. The molecule has 0 fully saturated rings. The van der Waals surface area contributed by atoms with Crippen molar-refractivity contribution < 1.29 is 13.2 Å². The molecule has 26 heavy (non-hydrogen) atoms. The van der Waals surface area contributed by atoms with Crippen molar-refractivity contribution in [3.05, 3.63) is 33.8 Å². The number of likely N-dealkylation sites (N-methyl/N-ethyl adjacent to an activating group) is 1. The summed E-state index contributed by atoms with van der Waals surface area (Å²) in [6.45, 7) is 8.38. The lowest BCUT2D eigenvalue weighted by Crippen LogP contribution is -2.33. The number of rotatable bonds is 7. The van der Waals surface area contributed by atoms with Crippen molar-refractivity contribution in [1.29, 1.82) is 0 Å². The van der Waals surface area contributed by atoms with Gasteiger partial charge in [0.1, 0.15) is 5.01 Å². The highest BCUT2D eigenvalue weighted by Gasteiger charge is 2.25. The van der Waals surface area contributed by atoms with Crippen molar-refractivity contribution in [2.75, 3.05) is 17.8 Å². The lowest BCUT2D eigenvalue weighted by atomic mass is 10.1. The van der Waals surface area contributed by atoms with Crippen LogP contribution in [0, 0.1) is 6.92 Å². The van der Waals surface area contributed by atoms with Crippen molar-refractivity contribution >= 4 is 44.0 Å². The molecule has 1 aromatic carbocycles. The number of anilines is 1. The van der Waals surface area contributed by atoms with Crippen molar-refractivity contribution in [2.45, 2.75) is 38.5 Å². The van der Waals surface area contributed by atoms with E-state index in [1.54, 1.807) is 30.9 Å². The number of amides is 1. The van der Waals surface area contributed by atoms with E-state index < -0.39 is 15.9 Å². The van der Waals surface area contributed by atoms with Crippen molar-refractivity contribution in [2.24, 2.45) is 0 Å². The number of halogens is 1. The molecule has 0 saturated heterocycles. The van der Waals surface area contributed by atoms with Crippen LogP contribution in [0.4, 0.5) is 5.13 Å². The third-order valence-electron chi connectivity index (χ3n) is 3.99. The molecule has 0 saturated carbocycles. The second-order valence-electron chi connectivity index (χ2n) is 5.65. The highest BCUT2D eigenvalue weighted by molar-refractivity contribution is 7.93. The first-order valence-corrected chi connectivity index (χ1v) is 10.8. The summed E-state index contributed by atoms with van der Waals surface area (Å²) in [6.07, 6.45) is 0. The molecule has 1 N–H and O–H groups in total. The van der Waals surface area contributed by atoms with Gasteiger partial charge >= 0.3 is 0 Å². The van der Waals surface area contributed by atoms with Gasteiger partial charge in [0.05, 0.1) is 10.8 Å². The number of sulfonamides is 1. The van der Waals surface area contributed by atoms with Crippen LogP contribution < -0.4 is 4.72 Å². The Morgan fingerprint density at radius 3 is 2.58 bits per heavy atom. The normalized spacial score (nSPS) is 12.7. The van der Waals surface area contributed by atoms with Gasteiger partial charge in [0, 0.05) is 18.1 Å². The lowest BCUT2D eigenvalue weighted by Gasteiger charge is -2.21. The summed E-state index contributed by atoms with van der Waals surface area (Å²) in [4.78, 5) is 14.2. The summed E-state index contributed by atoms with van der Waals surface area (Å²) in [7, 11) is -3.85. The first-order chi connectivity index (χ1) is 12.2. The van der Waals surface area contributed by atoms with E-state index in [9.17, 15) is 13.2 Å².